The van der Waals surface area contributed by atoms with Gasteiger partial charge in [0.25, 0.3) is 10.0 Å². The summed E-state index contributed by atoms with van der Waals surface area (Å²) in [6.45, 7) is 0.148. The predicted octanol–water partition coefficient (Wildman–Crippen LogP) is 2.91. The summed E-state index contributed by atoms with van der Waals surface area (Å²) < 4.78 is 38.7. The van der Waals surface area contributed by atoms with E-state index in [4.69, 9.17) is 21.1 Å². The number of amidine groups is 1. The summed E-state index contributed by atoms with van der Waals surface area (Å²) in [5.41, 5.74) is 0.920. The molecule has 4 rings (SSSR count). The molecule has 2 aliphatic heterocycles. The maximum atomic E-state index is 12.3. The molecular weight excluding hydrogens is 414 g/mol. The van der Waals surface area contributed by atoms with Gasteiger partial charge in [-0.3, -0.25) is 4.79 Å². The van der Waals surface area contributed by atoms with Gasteiger partial charge in [0, 0.05) is 16.8 Å². The van der Waals surface area contributed by atoms with Crippen molar-refractivity contribution in [2.45, 2.75) is 4.90 Å². The van der Waals surface area contributed by atoms with Crippen LogP contribution in [0.2, 0.25) is 5.02 Å². The van der Waals surface area contributed by atoms with Crippen LogP contribution in [0, 0.1) is 0 Å². The minimum Gasteiger partial charge on any atom is -0.454 e. The standard InChI is InChI=1S/C16H12ClN3O5S2/c17-9-1-3-11-14(5-9)27(22,23)20-16(19-11)26-7-15(21)18-10-2-4-12-13(6-10)25-8-24-12/h1-6H,7-8H2,(H,18,21)(H,19,20). The third kappa shape index (κ3) is 3.82. The van der Waals surface area contributed by atoms with E-state index in [2.05, 4.69) is 15.0 Å². The first-order valence-corrected chi connectivity index (χ1v) is 10.4. The Hall–Kier alpha value is -2.43. The number of hydrogen-bond donors (Lipinski definition) is 2. The van der Waals surface area contributed by atoms with E-state index in [-0.39, 0.29) is 28.5 Å². The molecule has 140 valence electrons. The Kier molecular flexibility index (Phi) is 4.62. The SMILES string of the molecule is O=C(CSC1=NS(=O)(=O)c2cc(Cl)ccc2N1)Nc1ccc2c(c1)OCO2. The lowest BCUT2D eigenvalue weighted by molar-refractivity contribution is -0.113. The molecule has 0 atom stereocenters. The van der Waals surface area contributed by atoms with Gasteiger partial charge in [0.2, 0.25) is 12.7 Å². The molecule has 2 aliphatic rings. The third-order valence-electron chi connectivity index (χ3n) is 3.66. The summed E-state index contributed by atoms with van der Waals surface area (Å²) in [7, 11) is -3.87. The molecule has 0 aromatic heterocycles. The summed E-state index contributed by atoms with van der Waals surface area (Å²) in [5.74, 6) is 0.827. The van der Waals surface area contributed by atoms with E-state index in [0.29, 0.717) is 27.9 Å². The lowest BCUT2D eigenvalue weighted by atomic mass is 10.3. The second-order valence-corrected chi connectivity index (χ2v) is 8.51. The van der Waals surface area contributed by atoms with Gasteiger partial charge in [0.1, 0.15) is 4.90 Å². The molecule has 2 aromatic rings. The van der Waals surface area contributed by atoms with Gasteiger partial charge in [-0.05, 0) is 30.3 Å². The van der Waals surface area contributed by atoms with E-state index in [1.54, 1.807) is 30.3 Å². The fourth-order valence-electron chi connectivity index (χ4n) is 2.48. The molecule has 0 fully saturated rings. The van der Waals surface area contributed by atoms with Crippen LogP contribution >= 0.6 is 23.4 Å². The largest absolute Gasteiger partial charge is 0.454 e. The number of amides is 1. The Morgan fingerprint density at radius 3 is 2.89 bits per heavy atom. The maximum Gasteiger partial charge on any atom is 0.286 e. The first-order valence-electron chi connectivity index (χ1n) is 7.64. The molecule has 2 heterocycles. The Morgan fingerprint density at radius 1 is 1.22 bits per heavy atom. The normalized spacial score (nSPS) is 16.1. The van der Waals surface area contributed by atoms with Crippen molar-refractivity contribution < 1.29 is 22.7 Å². The summed E-state index contributed by atoms with van der Waals surface area (Å²) in [6.07, 6.45) is 0. The quantitative estimate of drug-likeness (QED) is 0.778. The van der Waals surface area contributed by atoms with Crippen molar-refractivity contribution in [3.63, 3.8) is 0 Å². The van der Waals surface area contributed by atoms with Crippen LogP contribution in [0.5, 0.6) is 11.5 Å². The second-order valence-electron chi connectivity index (χ2n) is 5.54. The van der Waals surface area contributed by atoms with Crippen LogP contribution in [0.15, 0.2) is 45.7 Å². The number of thioether (sulfide) groups is 1. The zero-order chi connectivity index (χ0) is 19.0. The number of fused-ring (bicyclic) bond motifs is 2. The second kappa shape index (κ2) is 6.95. The number of carbonyl (C=O) groups excluding carboxylic acids is 1. The number of halogens is 1. The van der Waals surface area contributed by atoms with E-state index in [1.165, 1.54) is 6.07 Å². The summed E-state index contributed by atoms with van der Waals surface area (Å²) in [5, 5.41) is 6.02. The van der Waals surface area contributed by atoms with E-state index in [9.17, 15) is 13.2 Å². The van der Waals surface area contributed by atoms with Gasteiger partial charge < -0.3 is 20.1 Å². The Balaban J connectivity index is 1.41. The third-order valence-corrected chi connectivity index (χ3v) is 6.20. The van der Waals surface area contributed by atoms with Gasteiger partial charge in [-0.15, -0.1) is 4.40 Å². The number of benzene rings is 2. The van der Waals surface area contributed by atoms with E-state index in [1.807, 2.05) is 0 Å². The number of hydrogen-bond acceptors (Lipinski definition) is 7. The molecule has 8 nitrogen and oxygen atoms in total. The zero-order valence-electron chi connectivity index (χ0n) is 13.6. The van der Waals surface area contributed by atoms with Crippen molar-refractivity contribution in [2.75, 3.05) is 23.2 Å². The van der Waals surface area contributed by atoms with Crippen LogP contribution < -0.4 is 20.1 Å². The summed E-state index contributed by atoms with van der Waals surface area (Å²) in [4.78, 5) is 12.2. The number of carbonyl (C=O) groups is 1. The molecule has 0 saturated carbocycles. The first-order chi connectivity index (χ1) is 12.9. The Morgan fingerprint density at radius 2 is 2.04 bits per heavy atom. The van der Waals surface area contributed by atoms with Crippen molar-refractivity contribution in [1.29, 1.82) is 0 Å². The number of sulfonamides is 1. The lowest BCUT2D eigenvalue weighted by Gasteiger charge is -2.17. The van der Waals surface area contributed by atoms with Gasteiger partial charge in [0.05, 0.1) is 11.4 Å². The Labute approximate surface area is 164 Å². The highest BCUT2D eigenvalue weighted by Crippen LogP contribution is 2.34. The number of nitrogens with one attached hydrogen (secondary N) is 2. The van der Waals surface area contributed by atoms with Crippen molar-refractivity contribution in [1.82, 2.24) is 0 Å². The number of anilines is 2. The minimum atomic E-state index is -3.87. The monoisotopic (exact) mass is 425 g/mol. The molecule has 1 amide bonds. The molecule has 0 aliphatic carbocycles. The topological polar surface area (TPSA) is 106 Å². The molecular formula is C16H12ClN3O5S2. The number of rotatable bonds is 3. The van der Waals surface area contributed by atoms with Crippen molar-refractivity contribution in [3.05, 3.63) is 41.4 Å². The lowest BCUT2D eigenvalue weighted by Crippen LogP contribution is -2.22. The van der Waals surface area contributed by atoms with Crippen molar-refractivity contribution >= 4 is 55.8 Å². The van der Waals surface area contributed by atoms with Gasteiger partial charge >= 0.3 is 0 Å². The molecule has 0 unspecified atom stereocenters. The van der Waals surface area contributed by atoms with Gasteiger partial charge in [0.15, 0.2) is 16.7 Å². The minimum absolute atomic E-state index is 0.00385. The fraction of sp³-hybridized carbons (Fsp3) is 0.125. The zero-order valence-corrected chi connectivity index (χ0v) is 16.0. The summed E-state index contributed by atoms with van der Waals surface area (Å²) in [6, 6.07) is 9.51. The van der Waals surface area contributed by atoms with Crippen LogP contribution in [-0.4, -0.2) is 32.0 Å². The molecule has 0 spiro atoms. The molecule has 2 N–H and O–H groups in total. The average Bonchev–Trinajstić information content (AvgIpc) is 3.08. The highest BCUT2D eigenvalue weighted by molar-refractivity contribution is 8.15. The number of ether oxygens (including phenoxy) is 2. The van der Waals surface area contributed by atoms with Crippen LogP contribution in [0.3, 0.4) is 0 Å². The predicted molar refractivity (Wildman–Crippen MR) is 103 cm³/mol. The maximum absolute atomic E-state index is 12.3. The summed E-state index contributed by atoms with van der Waals surface area (Å²) >= 11 is 6.82. The fourth-order valence-corrected chi connectivity index (χ4v) is 4.78. The van der Waals surface area contributed by atoms with E-state index >= 15 is 0 Å². The Bertz CT molecular complexity index is 1070. The van der Waals surface area contributed by atoms with E-state index < -0.39 is 10.0 Å². The average molecular weight is 426 g/mol. The molecule has 0 saturated heterocycles. The molecule has 0 bridgehead atoms. The van der Waals surface area contributed by atoms with Crippen LogP contribution in [-0.2, 0) is 14.8 Å². The highest BCUT2D eigenvalue weighted by atomic mass is 35.5. The molecule has 0 radical (unpaired) electrons. The van der Waals surface area contributed by atoms with Crippen LogP contribution in [0.4, 0.5) is 11.4 Å². The van der Waals surface area contributed by atoms with Gasteiger partial charge in [-0.1, -0.05) is 23.4 Å². The first kappa shape index (κ1) is 18.0. The molecule has 27 heavy (non-hydrogen) atoms. The smallest absolute Gasteiger partial charge is 0.286 e. The van der Waals surface area contributed by atoms with E-state index in [0.717, 1.165) is 11.8 Å². The van der Waals surface area contributed by atoms with Crippen LogP contribution in [0.25, 0.3) is 0 Å². The van der Waals surface area contributed by atoms with Gasteiger partial charge in [-0.2, -0.15) is 8.42 Å². The van der Waals surface area contributed by atoms with Gasteiger partial charge in [-0.25, -0.2) is 0 Å². The number of nitrogens with zero attached hydrogens (tertiary/aromatic N) is 1. The van der Waals surface area contributed by atoms with Crippen molar-refractivity contribution in [2.24, 2.45) is 4.40 Å². The van der Waals surface area contributed by atoms with Crippen LogP contribution in [0.1, 0.15) is 0 Å². The van der Waals surface area contributed by atoms with Crippen molar-refractivity contribution in [3.8, 4) is 11.5 Å². The molecule has 2 aromatic carbocycles. The highest BCUT2D eigenvalue weighted by Gasteiger charge is 2.25. The molecule has 11 heteroatoms.